The van der Waals surface area contributed by atoms with Crippen molar-refractivity contribution in [2.75, 3.05) is 26.7 Å². The summed E-state index contributed by atoms with van der Waals surface area (Å²) in [6.45, 7) is 1.92. The van der Waals surface area contributed by atoms with E-state index in [9.17, 15) is 14.4 Å². The lowest BCUT2D eigenvalue weighted by Gasteiger charge is -2.34. The fraction of sp³-hybridized carbons (Fsp3) is 0.471. The average Bonchev–Trinajstić information content (AvgIpc) is 2.90. The molecule has 0 aliphatic carbocycles. The third-order valence-corrected chi connectivity index (χ3v) is 4.61. The molecule has 2 atom stereocenters. The molecular formula is C17H21FN2O3. The Kier molecular flexibility index (Phi) is 4.63. The van der Waals surface area contributed by atoms with Crippen molar-refractivity contribution in [1.29, 1.82) is 0 Å². The number of carbonyl (C=O) groups excluding carboxylic acids is 1. The number of nitrogens with zero attached hydrogens (tertiary/aromatic N) is 2. The molecule has 0 unspecified atom stereocenters. The maximum absolute atomic E-state index is 13.8. The van der Waals surface area contributed by atoms with Gasteiger partial charge in [0.15, 0.2) is 0 Å². The lowest BCUT2D eigenvalue weighted by Crippen LogP contribution is -2.47. The summed E-state index contributed by atoms with van der Waals surface area (Å²) in [5.41, 5.74) is 1.52. The number of ether oxygens (including phenoxy) is 1. The van der Waals surface area contributed by atoms with Crippen LogP contribution in [0.4, 0.5) is 4.48 Å². The molecule has 0 bridgehead atoms. The molecule has 1 fully saturated rings. The van der Waals surface area contributed by atoms with Gasteiger partial charge in [-0.25, -0.2) is 0 Å². The third kappa shape index (κ3) is 3.23. The maximum atomic E-state index is 13.8. The van der Waals surface area contributed by atoms with Gasteiger partial charge in [0, 0.05) is 31.2 Å². The SMILES string of the molecule is COC(=O)[C@@H]1CN(CCc2cn(F)c3ccccc23)CC[C@H]1O. The highest BCUT2D eigenvalue weighted by atomic mass is 19.2. The van der Waals surface area contributed by atoms with Gasteiger partial charge in [0.1, 0.15) is 0 Å². The van der Waals surface area contributed by atoms with Gasteiger partial charge in [0.2, 0.25) is 0 Å². The van der Waals surface area contributed by atoms with Gasteiger partial charge in [-0.1, -0.05) is 22.7 Å². The number of benzene rings is 1. The quantitative estimate of drug-likeness (QED) is 0.873. The van der Waals surface area contributed by atoms with Gasteiger partial charge >= 0.3 is 5.97 Å². The van der Waals surface area contributed by atoms with Crippen LogP contribution in [-0.2, 0) is 16.0 Å². The van der Waals surface area contributed by atoms with E-state index in [1.54, 1.807) is 6.07 Å². The van der Waals surface area contributed by atoms with Crippen LogP contribution >= 0.6 is 0 Å². The number of carbonyl (C=O) groups is 1. The number of hydrogen-bond acceptors (Lipinski definition) is 4. The van der Waals surface area contributed by atoms with Gasteiger partial charge in [0.05, 0.1) is 24.6 Å². The van der Waals surface area contributed by atoms with Crippen LogP contribution in [0.25, 0.3) is 10.9 Å². The first-order valence-electron chi connectivity index (χ1n) is 7.83. The van der Waals surface area contributed by atoms with E-state index in [1.807, 2.05) is 18.2 Å². The van der Waals surface area contributed by atoms with Crippen molar-refractivity contribution in [3.8, 4) is 0 Å². The molecule has 2 aromatic rings. The van der Waals surface area contributed by atoms with Gasteiger partial charge in [-0.2, -0.15) is 4.79 Å². The Balaban J connectivity index is 1.67. The van der Waals surface area contributed by atoms with Crippen molar-refractivity contribution in [1.82, 2.24) is 9.69 Å². The highest BCUT2D eigenvalue weighted by molar-refractivity contribution is 5.83. The fourth-order valence-electron chi connectivity index (χ4n) is 3.28. The summed E-state index contributed by atoms with van der Waals surface area (Å²) < 4.78 is 18.6. The molecule has 0 amide bonds. The van der Waals surface area contributed by atoms with Crippen molar-refractivity contribution >= 4 is 16.9 Å². The molecule has 3 rings (SSSR count). The van der Waals surface area contributed by atoms with E-state index in [0.717, 1.165) is 17.5 Å². The summed E-state index contributed by atoms with van der Waals surface area (Å²) in [7, 11) is 1.34. The Morgan fingerprint density at radius 1 is 1.43 bits per heavy atom. The molecule has 1 aromatic carbocycles. The van der Waals surface area contributed by atoms with Crippen molar-refractivity contribution in [2.24, 2.45) is 5.92 Å². The number of halogens is 1. The van der Waals surface area contributed by atoms with Crippen molar-refractivity contribution in [3.05, 3.63) is 36.0 Å². The lowest BCUT2D eigenvalue weighted by atomic mass is 9.94. The van der Waals surface area contributed by atoms with Crippen molar-refractivity contribution < 1.29 is 19.1 Å². The first kappa shape index (κ1) is 16.0. The maximum Gasteiger partial charge on any atom is 0.312 e. The molecule has 124 valence electrons. The largest absolute Gasteiger partial charge is 0.469 e. The molecule has 1 aliphatic rings. The Morgan fingerprint density at radius 3 is 3.00 bits per heavy atom. The van der Waals surface area contributed by atoms with Crippen LogP contribution in [0.2, 0.25) is 0 Å². The van der Waals surface area contributed by atoms with Crippen molar-refractivity contribution in [3.63, 3.8) is 0 Å². The molecule has 1 aliphatic heterocycles. The van der Waals surface area contributed by atoms with E-state index in [0.29, 0.717) is 36.2 Å². The highest BCUT2D eigenvalue weighted by Crippen LogP contribution is 2.23. The number of aliphatic hydroxyl groups excluding tert-OH is 1. The molecular weight excluding hydrogens is 299 g/mol. The van der Waals surface area contributed by atoms with E-state index >= 15 is 0 Å². The first-order chi connectivity index (χ1) is 11.1. The number of rotatable bonds is 4. The zero-order valence-corrected chi connectivity index (χ0v) is 13.1. The summed E-state index contributed by atoms with van der Waals surface area (Å²) >= 11 is 0. The topological polar surface area (TPSA) is 54.7 Å². The van der Waals surface area contributed by atoms with Gasteiger partial charge in [0.25, 0.3) is 0 Å². The monoisotopic (exact) mass is 320 g/mol. The van der Waals surface area contributed by atoms with E-state index in [-0.39, 0.29) is 5.97 Å². The zero-order valence-electron chi connectivity index (χ0n) is 13.1. The Hall–Kier alpha value is -1.92. The number of fused-ring (bicyclic) bond motifs is 1. The van der Waals surface area contributed by atoms with E-state index in [4.69, 9.17) is 4.74 Å². The fourth-order valence-corrected chi connectivity index (χ4v) is 3.28. The van der Waals surface area contributed by atoms with E-state index in [2.05, 4.69) is 4.90 Å². The Labute approximate surface area is 134 Å². The molecule has 1 saturated heterocycles. The van der Waals surface area contributed by atoms with Gasteiger partial charge in [-0.15, -0.1) is 0 Å². The summed E-state index contributed by atoms with van der Waals surface area (Å²) in [6.07, 6.45) is 2.11. The van der Waals surface area contributed by atoms with E-state index in [1.165, 1.54) is 13.3 Å². The Morgan fingerprint density at radius 2 is 2.22 bits per heavy atom. The second-order valence-electron chi connectivity index (χ2n) is 6.02. The van der Waals surface area contributed by atoms with Gasteiger partial charge < -0.3 is 14.7 Å². The lowest BCUT2D eigenvalue weighted by molar-refractivity contribution is -0.152. The molecule has 0 saturated carbocycles. The molecule has 1 N–H and O–H groups in total. The van der Waals surface area contributed by atoms with E-state index < -0.39 is 12.0 Å². The van der Waals surface area contributed by atoms with Crippen LogP contribution < -0.4 is 0 Å². The van der Waals surface area contributed by atoms with Gasteiger partial charge in [-0.05, 0) is 24.5 Å². The summed E-state index contributed by atoms with van der Waals surface area (Å²) in [4.78, 5) is 14.5. The zero-order chi connectivity index (χ0) is 16.4. The summed E-state index contributed by atoms with van der Waals surface area (Å²) in [6, 6.07) is 7.38. The minimum absolute atomic E-state index is 0.373. The first-order valence-corrected chi connectivity index (χ1v) is 7.83. The van der Waals surface area contributed by atoms with Crippen LogP contribution in [-0.4, -0.2) is 53.6 Å². The smallest absolute Gasteiger partial charge is 0.312 e. The second-order valence-corrected chi connectivity index (χ2v) is 6.02. The van der Waals surface area contributed by atoms with Crippen LogP contribution in [0, 0.1) is 5.92 Å². The molecule has 5 nitrogen and oxygen atoms in total. The number of methoxy groups -OCH3 is 1. The standard InChI is InChI=1S/C17H21FN2O3/c1-23-17(22)14-11-19(9-7-16(14)21)8-6-12-10-20(18)15-5-3-2-4-13(12)15/h2-5,10,14,16,21H,6-9,11H2,1H3/t14-,16-/m1/s1. The number of aromatic nitrogens is 1. The second kappa shape index (κ2) is 6.68. The number of esters is 1. The molecule has 0 spiro atoms. The van der Waals surface area contributed by atoms with Crippen LogP contribution in [0.5, 0.6) is 0 Å². The van der Waals surface area contributed by atoms with Crippen LogP contribution in [0.3, 0.4) is 0 Å². The highest BCUT2D eigenvalue weighted by Gasteiger charge is 2.33. The number of aliphatic hydroxyl groups is 1. The Bertz CT molecular complexity index is 700. The van der Waals surface area contributed by atoms with Crippen LogP contribution in [0.1, 0.15) is 12.0 Å². The molecule has 6 heteroatoms. The number of hydrogen-bond donors (Lipinski definition) is 1. The predicted molar refractivity (Wildman–Crippen MR) is 84.7 cm³/mol. The molecule has 23 heavy (non-hydrogen) atoms. The predicted octanol–water partition coefficient (Wildman–Crippen LogP) is 1.77. The number of piperidine rings is 1. The number of likely N-dealkylation sites (tertiary alicyclic amines) is 1. The minimum atomic E-state index is -0.647. The number of para-hydroxylation sites is 1. The van der Waals surface area contributed by atoms with Crippen LogP contribution in [0.15, 0.2) is 30.5 Å². The van der Waals surface area contributed by atoms with Gasteiger partial charge in [-0.3, -0.25) is 4.79 Å². The minimum Gasteiger partial charge on any atom is -0.469 e. The molecule has 2 heterocycles. The third-order valence-electron chi connectivity index (χ3n) is 4.61. The molecule has 1 aromatic heterocycles. The molecule has 0 radical (unpaired) electrons. The summed E-state index contributed by atoms with van der Waals surface area (Å²) in [5, 5.41) is 10.9. The average molecular weight is 320 g/mol. The summed E-state index contributed by atoms with van der Waals surface area (Å²) in [5.74, 6) is -0.876. The van der Waals surface area contributed by atoms with Crippen molar-refractivity contribution in [2.45, 2.75) is 18.9 Å². The normalized spacial score (nSPS) is 22.4.